The fourth-order valence-corrected chi connectivity index (χ4v) is 3.02. The van der Waals surface area contributed by atoms with Crippen LogP contribution in [0.4, 0.5) is 0 Å². The smallest absolute Gasteiger partial charge is 0.231 e. The van der Waals surface area contributed by atoms with Crippen LogP contribution in [-0.2, 0) is 17.1 Å². The van der Waals surface area contributed by atoms with Crippen LogP contribution in [-0.4, -0.2) is 35.4 Å². The maximum Gasteiger partial charge on any atom is 0.231 e. The van der Waals surface area contributed by atoms with Gasteiger partial charge in [0.25, 0.3) is 0 Å². The Labute approximate surface area is 124 Å². The van der Waals surface area contributed by atoms with Gasteiger partial charge in [0.15, 0.2) is 0 Å². The van der Waals surface area contributed by atoms with E-state index >= 15 is 0 Å². The van der Waals surface area contributed by atoms with Crippen LogP contribution in [0.25, 0.3) is 0 Å². The Morgan fingerprint density at radius 3 is 2.84 bits per heavy atom. The molecule has 1 rings (SSSR count). The van der Waals surface area contributed by atoms with Crippen molar-refractivity contribution in [3.63, 3.8) is 0 Å². The van der Waals surface area contributed by atoms with E-state index in [1.165, 1.54) is 0 Å². The Hall–Kier alpha value is -0.650. The van der Waals surface area contributed by atoms with E-state index < -0.39 is 0 Å². The van der Waals surface area contributed by atoms with E-state index in [4.69, 9.17) is 17.3 Å². The molecule has 0 spiro atoms. The summed E-state index contributed by atoms with van der Waals surface area (Å²) in [6.45, 7) is 6.39. The third kappa shape index (κ3) is 6.89. The first-order valence-corrected chi connectivity index (χ1v) is 7.92. The van der Waals surface area contributed by atoms with Gasteiger partial charge in [-0.25, -0.2) is 4.98 Å². The number of carbonyl (C=O) groups is 1. The lowest BCUT2D eigenvalue weighted by atomic mass is 10.2. The number of amides is 1. The average Bonchev–Trinajstić information content (AvgIpc) is 2.75. The standard InChI is InChI=1S/C13H22ClN3OS/c1-10(2)7-17(8-12(15)18)5-3-4-13-16-11(6-14)9-19-13/h9-10H,3-8H2,1-2H3,(H2,15,18). The molecule has 0 aliphatic carbocycles. The highest BCUT2D eigenvalue weighted by atomic mass is 35.5. The van der Waals surface area contributed by atoms with E-state index in [2.05, 4.69) is 23.7 Å². The molecule has 0 unspecified atom stereocenters. The first-order chi connectivity index (χ1) is 9.01. The van der Waals surface area contributed by atoms with Gasteiger partial charge in [0.2, 0.25) is 5.91 Å². The molecule has 0 saturated heterocycles. The van der Waals surface area contributed by atoms with E-state index in [0.717, 1.165) is 36.6 Å². The summed E-state index contributed by atoms with van der Waals surface area (Å²) in [6, 6.07) is 0. The van der Waals surface area contributed by atoms with Crippen molar-refractivity contribution in [1.82, 2.24) is 9.88 Å². The van der Waals surface area contributed by atoms with Gasteiger partial charge in [-0.15, -0.1) is 22.9 Å². The topological polar surface area (TPSA) is 59.2 Å². The lowest BCUT2D eigenvalue weighted by molar-refractivity contribution is -0.119. The Kier molecular flexibility index (Phi) is 7.34. The minimum absolute atomic E-state index is 0.265. The summed E-state index contributed by atoms with van der Waals surface area (Å²) in [6.07, 6.45) is 1.91. The van der Waals surface area contributed by atoms with Crippen molar-refractivity contribution in [2.24, 2.45) is 11.7 Å². The van der Waals surface area contributed by atoms with Crippen LogP contribution in [0.3, 0.4) is 0 Å². The molecule has 0 fully saturated rings. The summed E-state index contributed by atoms with van der Waals surface area (Å²) in [4.78, 5) is 17.6. The van der Waals surface area contributed by atoms with Gasteiger partial charge in [0, 0.05) is 18.3 Å². The zero-order chi connectivity index (χ0) is 14.3. The highest BCUT2D eigenvalue weighted by Crippen LogP contribution is 2.13. The molecule has 1 amide bonds. The Morgan fingerprint density at radius 2 is 2.32 bits per heavy atom. The first kappa shape index (κ1) is 16.4. The van der Waals surface area contributed by atoms with Crippen LogP contribution in [0, 0.1) is 5.92 Å². The minimum Gasteiger partial charge on any atom is -0.369 e. The van der Waals surface area contributed by atoms with Crippen molar-refractivity contribution in [1.29, 1.82) is 0 Å². The van der Waals surface area contributed by atoms with Crippen molar-refractivity contribution in [2.75, 3.05) is 19.6 Å². The van der Waals surface area contributed by atoms with Gasteiger partial charge in [0.05, 0.1) is 23.1 Å². The molecule has 2 N–H and O–H groups in total. The number of halogens is 1. The molecule has 0 aromatic carbocycles. The van der Waals surface area contributed by atoms with E-state index in [1.54, 1.807) is 11.3 Å². The number of nitrogens with two attached hydrogens (primary N) is 1. The maximum atomic E-state index is 11.0. The monoisotopic (exact) mass is 303 g/mol. The molecule has 19 heavy (non-hydrogen) atoms. The predicted octanol–water partition coefficient (Wildman–Crippen LogP) is 2.26. The number of alkyl halides is 1. The Balaban J connectivity index is 2.36. The van der Waals surface area contributed by atoms with Gasteiger partial charge >= 0.3 is 0 Å². The summed E-state index contributed by atoms with van der Waals surface area (Å²) in [5, 5.41) is 3.11. The van der Waals surface area contributed by atoms with Gasteiger partial charge in [-0.05, 0) is 18.9 Å². The fraction of sp³-hybridized carbons (Fsp3) is 0.692. The number of aromatic nitrogens is 1. The second-order valence-corrected chi connectivity index (χ2v) is 6.27. The molecule has 0 aliphatic heterocycles. The molecule has 6 heteroatoms. The summed E-state index contributed by atoms with van der Waals surface area (Å²) < 4.78 is 0. The van der Waals surface area contributed by atoms with Crippen LogP contribution in [0.1, 0.15) is 31.0 Å². The number of carbonyl (C=O) groups excluding carboxylic acids is 1. The minimum atomic E-state index is -0.265. The molecule has 0 saturated carbocycles. The van der Waals surface area contributed by atoms with Gasteiger partial charge in [0.1, 0.15) is 0 Å². The van der Waals surface area contributed by atoms with Gasteiger partial charge in [-0.2, -0.15) is 0 Å². The molecule has 1 aromatic rings. The molecule has 0 atom stereocenters. The zero-order valence-corrected chi connectivity index (χ0v) is 13.1. The largest absolute Gasteiger partial charge is 0.369 e. The molecule has 0 aliphatic rings. The van der Waals surface area contributed by atoms with Crippen LogP contribution < -0.4 is 5.73 Å². The molecule has 0 bridgehead atoms. The molecule has 1 heterocycles. The van der Waals surface area contributed by atoms with E-state index in [0.29, 0.717) is 18.3 Å². The number of primary amides is 1. The molecule has 108 valence electrons. The van der Waals surface area contributed by atoms with Gasteiger partial charge in [-0.3, -0.25) is 9.69 Å². The second kappa shape index (κ2) is 8.51. The number of hydrogen-bond donors (Lipinski definition) is 1. The van der Waals surface area contributed by atoms with Crippen molar-refractivity contribution < 1.29 is 4.79 Å². The lowest BCUT2D eigenvalue weighted by Gasteiger charge is -2.22. The van der Waals surface area contributed by atoms with Crippen molar-refractivity contribution in [3.05, 3.63) is 16.1 Å². The van der Waals surface area contributed by atoms with Crippen molar-refractivity contribution in [2.45, 2.75) is 32.6 Å². The van der Waals surface area contributed by atoms with Crippen LogP contribution >= 0.6 is 22.9 Å². The highest BCUT2D eigenvalue weighted by molar-refractivity contribution is 7.09. The number of thiazole rings is 1. The van der Waals surface area contributed by atoms with Crippen molar-refractivity contribution >= 4 is 28.8 Å². The third-order valence-corrected chi connectivity index (χ3v) is 3.84. The fourth-order valence-electron chi connectivity index (χ4n) is 1.95. The molecule has 1 aromatic heterocycles. The molecule has 4 nitrogen and oxygen atoms in total. The normalized spacial score (nSPS) is 11.4. The molecular weight excluding hydrogens is 282 g/mol. The predicted molar refractivity (Wildman–Crippen MR) is 80.5 cm³/mol. The van der Waals surface area contributed by atoms with Crippen molar-refractivity contribution in [3.8, 4) is 0 Å². The number of aryl methyl sites for hydroxylation is 1. The number of nitrogens with zero attached hydrogens (tertiary/aromatic N) is 2. The number of rotatable bonds is 9. The first-order valence-electron chi connectivity index (χ1n) is 6.51. The van der Waals surface area contributed by atoms with E-state index in [9.17, 15) is 4.79 Å². The van der Waals surface area contributed by atoms with Gasteiger partial charge < -0.3 is 5.73 Å². The quantitative estimate of drug-likeness (QED) is 0.712. The highest BCUT2D eigenvalue weighted by Gasteiger charge is 2.10. The van der Waals surface area contributed by atoms with Crippen LogP contribution in [0.15, 0.2) is 5.38 Å². The number of hydrogen-bond acceptors (Lipinski definition) is 4. The van der Waals surface area contributed by atoms with Crippen LogP contribution in [0.5, 0.6) is 0 Å². The lowest BCUT2D eigenvalue weighted by Crippen LogP contribution is -2.37. The summed E-state index contributed by atoms with van der Waals surface area (Å²) in [5.41, 5.74) is 6.21. The second-order valence-electron chi connectivity index (χ2n) is 5.07. The van der Waals surface area contributed by atoms with E-state index in [-0.39, 0.29) is 5.91 Å². The van der Waals surface area contributed by atoms with Crippen LogP contribution in [0.2, 0.25) is 0 Å². The Morgan fingerprint density at radius 1 is 1.58 bits per heavy atom. The SMILES string of the molecule is CC(C)CN(CCCc1nc(CCl)cs1)CC(N)=O. The maximum absolute atomic E-state index is 11.0. The molecule has 0 radical (unpaired) electrons. The Bertz CT molecular complexity index is 395. The third-order valence-electron chi connectivity index (χ3n) is 2.60. The summed E-state index contributed by atoms with van der Waals surface area (Å²) in [7, 11) is 0. The summed E-state index contributed by atoms with van der Waals surface area (Å²) >= 11 is 7.37. The molecular formula is C13H22ClN3OS. The van der Waals surface area contributed by atoms with E-state index in [1.807, 2.05) is 5.38 Å². The van der Waals surface area contributed by atoms with Gasteiger partial charge in [-0.1, -0.05) is 13.8 Å². The average molecular weight is 304 g/mol. The zero-order valence-electron chi connectivity index (χ0n) is 11.6. The summed E-state index contributed by atoms with van der Waals surface area (Å²) in [5.74, 6) is 0.735.